The molecule has 0 unspecified atom stereocenters. The van der Waals surface area contributed by atoms with Gasteiger partial charge in [0.15, 0.2) is 0 Å². The minimum atomic E-state index is 0.784. The van der Waals surface area contributed by atoms with Crippen molar-refractivity contribution in [3.05, 3.63) is 23.9 Å². The summed E-state index contributed by atoms with van der Waals surface area (Å²) < 4.78 is 1.93. The van der Waals surface area contributed by atoms with Crippen molar-refractivity contribution < 1.29 is 0 Å². The number of nitrogens with zero attached hydrogens (tertiary/aromatic N) is 2. The smallest absolute Gasteiger partial charge is 0.0946 e. The van der Waals surface area contributed by atoms with E-state index in [1.165, 1.54) is 10.9 Å². The van der Waals surface area contributed by atoms with Crippen LogP contribution in [0.3, 0.4) is 0 Å². The summed E-state index contributed by atoms with van der Waals surface area (Å²) in [5, 5.41) is 5.58. The van der Waals surface area contributed by atoms with Crippen LogP contribution in [0.5, 0.6) is 0 Å². The van der Waals surface area contributed by atoms with Gasteiger partial charge in [-0.2, -0.15) is 5.10 Å². The Labute approximate surface area is 77.2 Å². The van der Waals surface area contributed by atoms with Crippen LogP contribution in [0.1, 0.15) is 12.5 Å². The molecule has 13 heavy (non-hydrogen) atoms. The molecule has 1 heterocycles. The molecule has 3 heteroatoms. The number of aromatic nitrogens is 2. The highest BCUT2D eigenvalue weighted by Gasteiger charge is 2.02. The molecular formula is C10H13N3. The van der Waals surface area contributed by atoms with E-state index < -0.39 is 0 Å². The Balaban J connectivity index is 2.75. The Kier molecular flexibility index (Phi) is 1.72. The van der Waals surface area contributed by atoms with E-state index in [1.807, 2.05) is 16.8 Å². The molecule has 2 N–H and O–H groups in total. The van der Waals surface area contributed by atoms with E-state index >= 15 is 0 Å². The number of fused-ring (bicyclic) bond motifs is 1. The molecule has 68 valence electrons. The first-order valence-corrected chi connectivity index (χ1v) is 4.44. The van der Waals surface area contributed by atoms with Crippen molar-refractivity contribution in [1.82, 2.24) is 9.78 Å². The van der Waals surface area contributed by atoms with Gasteiger partial charge in [-0.05, 0) is 31.5 Å². The predicted octanol–water partition coefficient (Wildman–Crippen LogP) is 1.95. The fourth-order valence-corrected chi connectivity index (χ4v) is 1.54. The summed E-state index contributed by atoms with van der Waals surface area (Å²) in [5.74, 6) is 0. The van der Waals surface area contributed by atoms with E-state index in [-0.39, 0.29) is 0 Å². The van der Waals surface area contributed by atoms with Crippen LogP contribution in [0.25, 0.3) is 10.9 Å². The van der Waals surface area contributed by atoms with Crippen LogP contribution in [0.15, 0.2) is 18.3 Å². The summed E-state index contributed by atoms with van der Waals surface area (Å²) in [4.78, 5) is 0. The van der Waals surface area contributed by atoms with E-state index in [1.54, 1.807) is 0 Å². The van der Waals surface area contributed by atoms with Gasteiger partial charge >= 0.3 is 0 Å². The van der Waals surface area contributed by atoms with Gasteiger partial charge < -0.3 is 5.73 Å². The Morgan fingerprint density at radius 1 is 1.46 bits per heavy atom. The quantitative estimate of drug-likeness (QED) is 0.673. The summed E-state index contributed by atoms with van der Waals surface area (Å²) in [5.41, 5.74) is 8.68. The van der Waals surface area contributed by atoms with Crippen LogP contribution in [-0.2, 0) is 6.54 Å². The molecule has 0 aliphatic carbocycles. The van der Waals surface area contributed by atoms with Crippen LogP contribution >= 0.6 is 0 Å². The first kappa shape index (κ1) is 8.10. The van der Waals surface area contributed by atoms with Gasteiger partial charge in [0.05, 0.1) is 5.52 Å². The van der Waals surface area contributed by atoms with Gasteiger partial charge in [0.25, 0.3) is 0 Å². The predicted molar refractivity (Wildman–Crippen MR) is 54.6 cm³/mol. The first-order chi connectivity index (χ1) is 6.20. The molecule has 3 nitrogen and oxygen atoms in total. The summed E-state index contributed by atoms with van der Waals surface area (Å²) in [6, 6.07) is 3.89. The number of benzene rings is 1. The number of anilines is 1. The minimum absolute atomic E-state index is 0.784. The van der Waals surface area contributed by atoms with Crippen LogP contribution in [-0.4, -0.2) is 9.78 Å². The van der Waals surface area contributed by atoms with Gasteiger partial charge in [0, 0.05) is 23.8 Å². The third kappa shape index (κ3) is 1.26. The first-order valence-electron chi connectivity index (χ1n) is 4.44. The Morgan fingerprint density at radius 3 is 2.92 bits per heavy atom. The number of hydrogen-bond donors (Lipinski definition) is 1. The average Bonchev–Trinajstić information content (AvgIpc) is 2.47. The second-order valence-corrected chi connectivity index (χ2v) is 3.26. The van der Waals surface area contributed by atoms with Gasteiger partial charge in [0.2, 0.25) is 0 Å². The Hall–Kier alpha value is -1.51. The van der Waals surface area contributed by atoms with Crippen molar-refractivity contribution >= 4 is 16.6 Å². The van der Waals surface area contributed by atoms with Crippen molar-refractivity contribution in [3.8, 4) is 0 Å². The Bertz CT molecular complexity index is 443. The zero-order chi connectivity index (χ0) is 9.42. The van der Waals surface area contributed by atoms with E-state index in [2.05, 4.69) is 25.1 Å². The van der Waals surface area contributed by atoms with Crippen molar-refractivity contribution in [2.75, 3.05) is 5.73 Å². The molecule has 0 saturated heterocycles. The lowest BCUT2D eigenvalue weighted by Crippen LogP contribution is -1.92. The molecule has 0 saturated carbocycles. The number of nitrogen functional groups attached to an aromatic ring is 1. The van der Waals surface area contributed by atoms with Gasteiger partial charge in [-0.15, -0.1) is 0 Å². The van der Waals surface area contributed by atoms with E-state index in [0.29, 0.717) is 0 Å². The number of nitrogens with two attached hydrogens (primary N) is 1. The molecule has 2 rings (SSSR count). The van der Waals surface area contributed by atoms with Crippen molar-refractivity contribution in [3.63, 3.8) is 0 Å². The topological polar surface area (TPSA) is 43.8 Å². The third-order valence-electron chi connectivity index (χ3n) is 2.23. The van der Waals surface area contributed by atoms with E-state index in [4.69, 9.17) is 5.73 Å². The second-order valence-electron chi connectivity index (χ2n) is 3.26. The molecule has 2 aromatic rings. The zero-order valence-corrected chi connectivity index (χ0v) is 7.91. The molecule has 0 spiro atoms. The van der Waals surface area contributed by atoms with Crippen molar-refractivity contribution in [2.24, 2.45) is 0 Å². The lowest BCUT2D eigenvalue weighted by atomic mass is 10.1. The molecule has 0 radical (unpaired) electrons. The highest BCUT2D eigenvalue weighted by Crippen LogP contribution is 2.20. The monoisotopic (exact) mass is 175 g/mol. The zero-order valence-electron chi connectivity index (χ0n) is 7.91. The second kappa shape index (κ2) is 2.76. The summed E-state index contributed by atoms with van der Waals surface area (Å²) in [6.45, 7) is 5.03. The van der Waals surface area contributed by atoms with Crippen molar-refractivity contribution in [1.29, 1.82) is 0 Å². The maximum absolute atomic E-state index is 5.73. The Morgan fingerprint density at radius 2 is 2.23 bits per heavy atom. The molecule has 0 aliphatic rings. The van der Waals surface area contributed by atoms with Gasteiger partial charge in [-0.3, -0.25) is 4.68 Å². The molecule has 0 bridgehead atoms. The minimum Gasteiger partial charge on any atom is -0.399 e. The van der Waals surface area contributed by atoms with Gasteiger partial charge in [-0.25, -0.2) is 0 Å². The number of hydrogen-bond acceptors (Lipinski definition) is 2. The molecule has 0 amide bonds. The molecule has 0 fully saturated rings. The van der Waals surface area contributed by atoms with E-state index in [0.717, 1.165) is 17.7 Å². The van der Waals surface area contributed by atoms with Crippen LogP contribution in [0, 0.1) is 6.92 Å². The fraction of sp³-hybridized carbons (Fsp3) is 0.300. The highest BCUT2D eigenvalue weighted by molar-refractivity contribution is 5.84. The molecule has 1 aromatic heterocycles. The lowest BCUT2D eigenvalue weighted by Gasteiger charge is -1.95. The van der Waals surface area contributed by atoms with Gasteiger partial charge in [0.1, 0.15) is 0 Å². The van der Waals surface area contributed by atoms with Crippen LogP contribution in [0.2, 0.25) is 0 Å². The molecular weight excluding hydrogens is 162 g/mol. The summed E-state index contributed by atoms with van der Waals surface area (Å²) in [7, 11) is 0. The average molecular weight is 175 g/mol. The molecule has 0 aliphatic heterocycles. The fourth-order valence-electron chi connectivity index (χ4n) is 1.54. The largest absolute Gasteiger partial charge is 0.399 e. The lowest BCUT2D eigenvalue weighted by molar-refractivity contribution is 0.668. The van der Waals surface area contributed by atoms with Crippen molar-refractivity contribution in [2.45, 2.75) is 20.4 Å². The summed E-state index contributed by atoms with van der Waals surface area (Å²) >= 11 is 0. The maximum atomic E-state index is 5.73. The number of aryl methyl sites for hydroxylation is 2. The van der Waals surface area contributed by atoms with Crippen LogP contribution in [0.4, 0.5) is 5.69 Å². The molecule has 1 aromatic carbocycles. The number of rotatable bonds is 1. The highest BCUT2D eigenvalue weighted by atomic mass is 15.3. The maximum Gasteiger partial charge on any atom is 0.0946 e. The van der Waals surface area contributed by atoms with Crippen LogP contribution < -0.4 is 5.73 Å². The standard InChI is InChI=1S/C10H13N3/c1-3-13-6-9-7(2)4-8(11)5-10(9)12-13/h4-6H,3,11H2,1-2H3. The SMILES string of the molecule is CCn1cc2c(C)cc(N)cc2n1. The molecule has 0 atom stereocenters. The van der Waals surface area contributed by atoms with Gasteiger partial charge in [-0.1, -0.05) is 0 Å². The summed E-state index contributed by atoms with van der Waals surface area (Å²) in [6.07, 6.45) is 2.06. The van der Waals surface area contributed by atoms with E-state index in [9.17, 15) is 0 Å². The normalized spacial score (nSPS) is 10.9. The third-order valence-corrected chi connectivity index (χ3v) is 2.23.